The highest BCUT2D eigenvalue weighted by Gasteiger charge is 2.22. The number of hydrogen-bond donors (Lipinski definition) is 1. The Bertz CT molecular complexity index is 332. The van der Waals surface area contributed by atoms with E-state index in [2.05, 4.69) is 11.6 Å². The molecule has 0 aliphatic heterocycles. The van der Waals surface area contributed by atoms with Gasteiger partial charge in [0.1, 0.15) is 0 Å². The lowest BCUT2D eigenvalue weighted by Crippen LogP contribution is -2.34. The largest absolute Gasteiger partial charge is 0.225 e. The van der Waals surface area contributed by atoms with Crippen LogP contribution in [0.1, 0.15) is 32.6 Å². The first kappa shape index (κ1) is 12.5. The second kappa shape index (κ2) is 5.47. The van der Waals surface area contributed by atoms with Crippen molar-refractivity contribution in [1.82, 2.24) is 4.72 Å². The highest BCUT2D eigenvalue weighted by atomic mass is 32.2. The van der Waals surface area contributed by atoms with Gasteiger partial charge in [-0.25, -0.2) is 13.1 Å². The third-order valence-electron chi connectivity index (χ3n) is 3.11. The molecule has 15 heavy (non-hydrogen) atoms. The van der Waals surface area contributed by atoms with E-state index in [0.717, 1.165) is 6.42 Å². The van der Waals surface area contributed by atoms with Crippen molar-refractivity contribution in [3.05, 3.63) is 0 Å². The summed E-state index contributed by atoms with van der Waals surface area (Å²) in [5, 5.41) is 8.32. The van der Waals surface area contributed by atoms with E-state index in [4.69, 9.17) is 5.26 Å². The van der Waals surface area contributed by atoms with Crippen LogP contribution in [0, 0.1) is 23.2 Å². The zero-order valence-corrected chi connectivity index (χ0v) is 9.89. The predicted molar refractivity (Wildman–Crippen MR) is 58.5 cm³/mol. The zero-order chi connectivity index (χ0) is 11.3. The van der Waals surface area contributed by atoms with E-state index in [0.29, 0.717) is 18.4 Å². The maximum atomic E-state index is 11.2. The fourth-order valence-corrected chi connectivity index (χ4v) is 2.81. The van der Waals surface area contributed by atoms with Crippen molar-refractivity contribution < 1.29 is 8.42 Å². The Morgan fingerprint density at radius 2 is 2.07 bits per heavy atom. The number of hydrogen-bond acceptors (Lipinski definition) is 3. The third-order valence-corrected chi connectivity index (χ3v) is 4.22. The highest BCUT2D eigenvalue weighted by molar-refractivity contribution is 7.89. The van der Waals surface area contributed by atoms with E-state index in [-0.39, 0.29) is 0 Å². The molecule has 0 radical (unpaired) electrons. The molecule has 0 bridgehead atoms. The predicted octanol–water partition coefficient (Wildman–Crippen LogP) is 1.26. The van der Waals surface area contributed by atoms with E-state index in [9.17, 15) is 8.42 Å². The van der Waals surface area contributed by atoms with Gasteiger partial charge >= 0.3 is 0 Å². The van der Waals surface area contributed by atoms with Crippen molar-refractivity contribution in [2.75, 3.05) is 12.3 Å². The van der Waals surface area contributed by atoms with Gasteiger partial charge in [-0.3, -0.25) is 0 Å². The van der Waals surface area contributed by atoms with Crippen molar-refractivity contribution >= 4 is 10.0 Å². The molecule has 0 aromatic carbocycles. The molecule has 1 aliphatic carbocycles. The molecule has 5 heteroatoms. The molecule has 0 aromatic rings. The van der Waals surface area contributed by atoms with Gasteiger partial charge in [0, 0.05) is 6.54 Å². The van der Waals surface area contributed by atoms with E-state index < -0.39 is 15.8 Å². The van der Waals surface area contributed by atoms with E-state index in [1.807, 2.05) is 0 Å². The molecule has 2 unspecified atom stereocenters. The van der Waals surface area contributed by atoms with Crippen LogP contribution in [0.5, 0.6) is 0 Å². The first-order chi connectivity index (χ1) is 7.05. The second-order valence-corrected chi connectivity index (χ2v) is 6.09. The monoisotopic (exact) mass is 230 g/mol. The summed E-state index contributed by atoms with van der Waals surface area (Å²) in [4.78, 5) is 0. The summed E-state index contributed by atoms with van der Waals surface area (Å²) in [5.41, 5.74) is 0. The Kier molecular flexibility index (Phi) is 4.55. The highest BCUT2D eigenvalue weighted by Crippen LogP contribution is 2.28. The number of nitrogens with one attached hydrogen (secondary N) is 1. The average Bonchev–Trinajstić information content (AvgIpc) is 2.16. The lowest BCUT2D eigenvalue weighted by molar-refractivity contribution is 0.257. The first-order valence-electron chi connectivity index (χ1n) is 5.39. The number of nitriles is 1. The topological polar surface area (TPSA) is 70.0 Å². The Labute approximate surface area is 91.7 Å². The number of nitrogens with zero attached hydrogens (tertiary/aromatic N) is 1. The molecule has 0 spiro atoms. The van der Waals surface area contributed by atoms with Crippen molar-refractivity contribution in [3.63, 3.8) is 0 Å². The van der Waals surface area contributed by atoms with Crippen molar-refractivity contribution in [3.8, 4) is 6.07 Å². The molecule has 0 saturated heterocycles. The maximum Gasteiger partial charge on any atom is 0.225 e. The Morgan fingerprint density at radius 3 is 2.67 bits per heavy atom. The molecule has 1 fully saturated rings. The SMILES string of the molecule is CC1CCCCC1CNS(=O)(=O)CC#N. The lowest BCUT2D eigenvalue weighted by Gasteiger charge is -2.28. The summed E-state index contributed by atoms with van der Waals surface area (Å²) in [6.45, 7) is 2.66. The van der Waals surface area contributed by atoms with Crippen molar-refractivity contribution in [2.45, 2.75) is 32.6 Å². The van der Waals surface area contributed by atoms with Gasteiger partial charge in [0.05, 0.1) is 6.07 Å². The minimum absolute atomic E-state index is 0.436. The molecule has 0 aromatic heterocycles. The summed E-state index contributed by atoms with van der Waals surface area (Å²) >= 11 is 0. The number of sulfonamides is 1. The summed E-state index contributed by atoms with van der Waals surface area (Å²) in [6, 6.07) is 1.66. The fourth-order valence-electron chi connectivity index (χ4n) is 2.07. The van der Waals surface area contributed by atoms with Gasteiger partial charge in [-0.2, -0.15) is 5.26 Å². The maximum absolute atomic E-state index is 11.2. The van der Waals surface area contributed by atoms with Crippen LogP contribution in [0.2, 0.25) is 0 Å². The zero-order valence-electron chi connectivity index (χ0n) is 9.07. The average molecular weight is 230 g/mol. The van der Waals surface area contributed by atoms with E-state index in [1.54, 1.807) is 6.07 Å². The van der Waals surface area contributed by atoms with Crippen molar-refractivity contribution in [1.29, 1.82) is 5.26 Å². The Hall–Kier alpha value is -0.600. The minimum atomic E-state index is -3.37. The summed E-state index contributed by atoms with van der Waals surface area (Å²) in [6.07, 6.45) is 4.72. The van der Waals surface area contributed by atoms with Crippen molar-refractivity contribution in [2.24, 2.45) is 11.8 Å². The van der Waals surface area contributed by atoms with Gasteiger partial charge < -0.3 is 0 Å². The Balaban J connectivity index is 2.39. The molecule has 86 valence electrons. The molecule has 1 rings (SSSR count). The van der Waals surface area contributed by atoms with Gasteiger partial charge in [-0.05, 0) is 18.3 Å². The lowest BCUT2D eigenvalue weighted by atomic mass is 9.81. The van der Waals surface area contributed by atoms with Gasteiger partial charge in [-0.1, -0.05) is 26.2 Å². The van der Waals surface area contributed by atoms with Crippen LogP contribution >= 0.6 is 0 Å². The quantitative estimate of drug-likeness (QED) is 0.790. The number of rotatable bonds is 4. The summed E-state index contributed by atoms with van der Waals surface area (Å²) < 4.78 is 25.0. The smallest absolute Gasteiger partial charge is 0.214 e. The first-order valence-corrected chi connectivity index (χ1v) is 7.04. The second-order valence-electron chi connectivity index (χ2n) is 4.29. The molecular weight excluding hydrogens is 212 g/mol. The van der Waals surface area contributed by atoms with E-state index in [1.165, 1.54) is 19.3 Å². The normalized spacial score (nSPS) is 27.2. The summed E-state index contributed by atoms with van der Waals surface area (Å²) in [5.74, 6) is 0.587. The molecule has 1 saturated carbocycles. The van der Waals surface area contributed by atoms with Crippen LogP contribution in [0.15, 0.2) is 0 Å². The van der Waals surface area contributed by atoms with Gasteiger partial charge in [0.2, 0.25) is 10.0 Å². The van der Waals surface area contributed by atoms with Crippen LogP contribution in [0.3, 0.4) is 0 Å². The molecule has 1 aliphatic rings. The van der Waals surface area contributed by atoms with Crippen LogP contribution < -0.4 is 4.72 Å². The molecular formula is C10H18N2O2S. The van der Waals surface area contributed by atoms with Crippen LogP contribution in [0.4, 0.5) is 0 Å². The standard InChI is InChI=1S/C10H18N2O2S/c1-9-4-2-3-5-10(9)8-12-15(13,14)7-6-11/h9-10,12H,2-5,7-8H2,1H3. The summed E-state index contributed by atoms with van der Waals surface area (Å²) in [7, 11) is -3.37. The minimum Gasteiger partial charge on any atom is -0.214 e. The van der Waals surface area contributed by atoms with E-state index >= 15 is 0 Å². The van der Waals surface area contributed by atoms with Gasteiger partial charge in [0.15, 0.2) is 5.75 Å². The van der Waals surface area contributed by atoms with Gasteiger partial charge in [-0.15, -0.1) is 0 Å². The molecule has 2 atom stereocenters. The van der Waals surface area contributed by atoms with Crippen LogP contribution in [-0.4, -0.2) is 20.7 Å². The molecule has 4 nitrogen and oxygen atoms in total. The molecule has 0 amide bonds. The van der Waals surface area contributed by atoms with Gasteiger partial charge in [0.25, 0.3) is 0 Å². The Morgan fingerprint density at radius 1 is 1.40 bits per heavy atom. The van der Waals surface area contributed by atoms with Crippen LogP contribution in [0.25, 0.3) is 0 Å². The molecule has 1 N–H and O–H groups in total. The third kappa shape index (κ3) is 4.18. The fraction of sp³-hybridized carbons (Fsp3) is 0.900. The molecule has 0 heterocycles. The van der Waals surface area contributed by atoms with Crippen LogP contribution in [-0.2, 0) is 10.0 Å².